The van der Waals surface area contributed by atoms with Crippen LogP contribution in [-0.4, -0.2) is 23.1 Å². The lowest BCUT2D eigenvalue weighted by atomic mass is 10.1. The van der Waals surface area contributed by atoms with Crippen LogP contribution in [0, 0.1) is 0 Å². The molecule has 0 saturated carbocycles. The molecular formula is C12H16N4O. The zero-order valence-electron chi connectivity index (χ0n) is 9.84. The third-order valence-corrected chi connectivity index (χ3v) is 3.31. The summed E-state index contributed by atoms with van der Waals surface area (Å²) in [6.07, 6.45) is 6.37. The van der Waals surface area contributed by atoms with Gasteiger partial charge < -0.3 is 19.6 Å². The molecule has 0 aliphatic carbocycles. The maximum Gasteiger partial charge on any atom is 0.180 e. The van der Waals surface area contributed by atoms with Crippen molar-refractivity contribution in [1.29, 1.82) is 0 Å². The zero-order chi connectivity index (χ0) is 11.8. The van der Waals surface area contributed by atoms with Gasteiger partial charge in [0.15, 0.2) is 6.39 Å². The van der Waals surface area contributed by atoms with Crippen molar-refractivity contribution in [1.82, 2.24) is 9.55 Å². The Balaban J connectivity index is 2.01. The van der Waals surface area contributed by atoms with Gasteiger partial charge in [0.2, 0.25) is 0 Å². The molecule has 2 aromatic rings. The minimum atomic E-state index is -0.241. The van der Waals surface area contributed by atoms with Crippen LogP contribution in [0.25, 0.3) is 0 Å². The minimum absolute atomic E-state index is 0.241. The quantitative estimate of drug-likeness (QED) is 0.849. The van der Waals surface area contributed by atoms with Crippen LogP contribution in [0.4, 0.5) is 5.82 Å². The second-order valence-electron chi connectivity index (χ2n) is 4.44. The highest BCUT2D eigenvalue weighted by molar-refractivity contribution is 5.52. The monoisotopic (exact) mass is 232 g/mol. The molecule has 3 heterocycles. The van der Waals surface area contributed by atoms with Gasteiger partial charge in [0.1, 0.15) is 11.6 Å². The maximum absolute atomic E-state index is 6.22. The van der Waals surface area contributed by atoms with Crippen molar-refractivity contribution < 1.29 is 4.42 Å². The van der Waals surface area contributed by atoms with Crippen molar-refractivity contribution in [2.24, 2.45) is 5.73 Å². The summed E-state index contributed by atoms with van der Waals surface area (Å²) in [5, 5.41) is 0. The maximum atomic E-state index is 6.22. The van der Waals surface area contributed by atoms with Crippen molar-refractivity contribution in [3.8, 4) is 0 Å². The van der Waals surface area contributed by atoms with Gasteiger partial charge in [0, 0.05) is 31.9 Å². The first-order valence-electron chi connectivity index (χ1n) is 5.81. The van der Waals surface area contributed by atoms with Gasteiger partial charge >= 0.3 is 0 Å². The third-order valence-electron chi connectivity index (χ3n) is 3.31. The molecule has 5 heteroatoms. The lowest BCUT2D eigenvalue weighted by Gasteiger charge is -2.29. The van der Waals surface area contributed by atoms with Crippen LogP contribution in [0.15, 0.2) is 29.3 Å². The van der Waals surface area contributed by atoms with Gasteiger partial charge in [-0.3, -0.25) is 0 Å². The summed E-state index contributed by atoms with van der Waals surface area (Å²) >= 11 is 0. The van der Waals surface area contributed by atoms with Gasteiger partial charge in [-0.05, 0) is 12.5 Å². The Morgan fingerprint density at radius 2 is 2.35 bits per heavy atom. The summed E-state index contributed by atoms with van der Waals surface area (Å²) in [4.78, 5) is 6.16. The van der Waals surface area contributed by atoms with Gasteiger partial charge in [0.05, 0.1) is 12.2 Å². The summed E-state index contributed by atoms with van der Waals surface area (Å²) in [6.45, 7) is 2.13. The highest BCUT2D eigenvalue weighted by atomic mass is 16.3. The van der Waals surface area contributed by atoms with Crippen molar-refractivity contribution in [3.05, 3.63) is 36.2 Å². The van der Waals surface area contributed by atoms with E-state index in [4.69, 9.17) is 10.2 Å². The Labute approximate surface area is 99.8 Å². The molecule has 3 rings (SSSR count). The summed E-state index contributed by atoms with van der Waals surface area (Å²) in [5.41, 5.74) is 7.32. The number of oxazole rings is 1. The molecule has 5 nitrogen and oxygen atoms in total. The number of aryl methyl sites for hydroxylation is 1. The molecule has 1 aliphatic rings. The predicted molar refractivity (Wildman–Crippen MR) is 64.9 cm³/mol. The second-order valence-corrected chi connectivity index (χ2v) is 4.44. The fraction of sp³-hybridized carbons (Fsp3) is 0.417. The van der Waals surface area contributed by atoms with Crippen LogP contribution >= 0.6 is 0 Å². The van der Waals surface area contributed by atoms with Crippen molar-refractivity contribution in [2.75, 3.05) is 18.5 Å². The average molecular weight is 232 g/mol. The van der Waals surface area contributed by atoms with Gasteiger partial charge in [-0.2, -0.15) is 0 Å². The van der Waals surface area contributed by atoms with Crippen LogP contribution < -0.4 is 10.6 Å². The third kappa shape index (κ3) is 1.63. The van der Waals surface area contributed by atoms with Crippen LogP contribution in [0.3, 0.4) is 0 Å². The Morgan fingerprint density at radius 3 is 3.12 bits per heavy atom. The normalized spacial score (nSPS) is 16.9. The highest BCUT2D eigenvalue weighted by Crippen LogP contribution is 2.32. The van der Waals surface area contributed by atoms with Crippen LogP contribution in [0.2, 0.25) is 0 Å². The van der Waals surface area contributed by atoms with E-state index < -0.39 is 0 Å². The molecule has 1 aliphatic heterocycles. The number of rotatable bonds is 2. The first-order valence-corrected chi connectivity index (χ1v) is 5.81. The highest BCUT2D eigenvalue weighted by Gasteiger charge is 2.23. The Kier molecular flexibility index (Phi) is 2.40. The molecule has 1 unspecified atom stereocenters. The van der Waals surface area contributed by atoms with Crippen molar-refractivity contribution in [2.45, 2.75) is 19.0 Å². The summed E-state index contributed by atoms with van der Waals surface area (Å²) in [6, 6.07) is 1.83. The van der Waals surface area contributed by atoms with Gasteiger partial charge in [-0.15, -0.1) is 0 Å². The number of hydrogen-bond acceptors (Lipinski definition) is 4. The van der Waals surface area contributed by atoms with E-state index in [9.17, 15) is 0 Å². The molecule has 2 aromatic heterocycles. The van der Waals surface area contributed by atoms with E-state index in [1.54, 1.807) is 6.20 Å². The van der Waals surface area contributed by atoms with E-state index in [-0.39, 0.29) is 6.04 Å². The predicted octanol–water partition coefficient (Wildman–Crippen LogP) is 1.36. The first kappa shape index (κ1) is 10.4. The molecular weight excluding hydrogens is 216 g/mol. The minimum Gasteiger partial charge on any atom is -0.446 e. The number of hydrogen-bond donors (Lipinski definition) is 1. The molecule has 0 bridgehead atoms. The van der Waals surface area contributed by atoms with E-state index in [2.05, 4.69) is 33.8 Å². The molecule has 0 fully saturated rings. The zero-order valence-corrected chi connectivity index (χ0v) is 9.84. The lowest BCUT2D eigenvalue weighted by Crippen LogP contribution is -2.29. The smallest absolute Gasteiger partial charge is 0.180 e. The first-order chi connectivity index (χ1) is 8.27. The summed E-state index contributed by atoms with van der Waals surface area (Å²) in [7, 11) is 2.10. The van der Waals surface area contributed by atoms with Gasteiger partial charge in [0.25, 0.3) is 0 Å². The fourth-order valence-electron chi connectivity index (χ4n) is 2.46. The molecule has 0 saturated heterocycles. The molecule has 17 heavy (non-hydrogen) atoms. The van der Waals surface area contributed by atoms with Crippen molar-refractivity contribution >= 4 is 5.82 Å². The van der Waals surface area contributed by atoms with Gasteiger partial charge in [-0.25, -0.2) is 4.98 Å². The van der Waals surface area contributed by atoms with Crippen LogP contribution in [0.5, 0.6) is 0 Å². The molecule has 0 aromatic carbocycles. The standard InChI is InChI=1S/C12H16N4O/c1-15-4-2-5-16-6-3-9(12(15)16)11(13)10-7-14-8-17-10/h3,6-8,11H,2,4-5,13H2,1H3. The largest absolute Gasteiger partial charge is 0.446 e. The Hall–Kier alpha value is -1.75. The SMILES string of the molecule is CN1CCCn2ccc(C(N)c3cnco3)c21. The Morgan fingerprint density at radius 1 is 1.47 bits per heavy atom. The van der Waals surface area contributed by atoms with E-state index >= 15 is 0 Å². The fourth-order valence-corrected chi connectivity index (χ4v) is 2.46. The molecule has 0 amide bonds. The molecule has 0 radical (unpaired) electrons. The van der Waals surface area contributed by atoms with Crippen molar-refractivity contribution in [3.63, 3.8) is 0 Å². The van der Waals surface area contributed by atoms with Crippen LogP contribution in [0.1, 0.15) is 23.8 Å². The summed E-state index contributed by atoms with van der Waals surface area (Å²) in [5.74, 6) is 1.90. The molecule has 90 valence electrons. The van der Waals surface area contributed by atoms with E-state index in [0.717, 1.165) is 18.7 Å². The van der Waals surface area contributed by atoms with E-state index in [1.807, 2.05) is 0 Å². The van der Waals surface area contributed by atoms with E-state index in [0.29, 0.717) is 5.76 Å². The van der Waals surface area contributed by atoms with E-state index in [1.165, 1.54) is 18.6 Å². The lowest BCUT2D eigenvalue weighted by molar-refractivity contribution is 0.483. The summed E-state index contributed by atoms with van der Waals surface area (Å²) < 4.78 is 7.53. The van der Waals surface area contributed by atoms with Gasteiger partial charge in [-0.1, -0.05) is 0 Å². The molecule has 0 spiro atoms. The average Bonchev–Trinajstić information content (AvgIpc) is 2.98. The number of nitrogens with two attached hydrogens (primary N) is 1. The number of nitrogens with zero attached hydrogens (tertiary/aromatic N) is 3. The number of fused-ring (bicyclic) bond motifs is 1. The Bertz CT molecular complexity index is 503. The molecule has 2 N–H and O–H groups in total. The molecule has 1 atom stereocenters. The topological polar surface area (TPSA) is 60.2 Å². The number of anilines is 1. The number of aromatic nitrogens is 2. The second kappa shape index (κ2) is 3.92. The van der Waals surface area contributed by atoms with Crippen LogP contribution in [-0.2, 0) is 6.54 Å².